The van der Waals surface area contributed by atoms with Gasteiger partial charge >= 0.3 is 5.97 Å². The van der Waals surface area contributed by atoms with E-state index in [2.05, 4.69) is 6.58 Å². The Hall–Kier alpha value is -2.14. The van der Waals surface area contributed by atoms with Crippen LogP contribution in [0.2, 0.25) is 0 Å². The second-order valence-corrected chi connectivity index (χ2v) is 7.29. The predicted octanol–water partition coefficient (Wildman–Crippen LogP) is 3.29. The Morgan fingerprint density at radius 2 is 2.08 bits per heavy atom. The normalized spacial score (nSPS) is 38.8. The van der Waals surface area contributed by atoms with Gasteiger partial charge < -0.3 is 13.9 Å². The summed E-state index contributed by atoms with van der Waals surface area (Å²) in [4.78, 5) is 25.4. The molecule has 0 bridgehead atoms. The van der Waals surface area contributed by atoms with Gasteiger partial charge in [0, 0.05) is 11.1 Å². The van der Waals surface area contributed by atoms with Gasteiger partial charge in [-0.3, -0.25) is 4.79 Å². The molecule has 1 aromatic rings. The Kier molecular flexibility index (Phi) is 2.87. The third-order valence-electron chi connectivity index (χ3n) is 5.92. The summed E-state index contributed by atoms with van der Waals surface area (Å²) in [5, 5.41) is 0. The van der Waals surface area contributed by atoms with Gasteiger partial charge in [-0.25, -0.2) is 4.79 Å². The molecule has 1 aromatic heterocycles. The molecule has 1 spiro atoms. The predicted molar refractivity (Wildman–Crippen MR) is 85.4 cm³/mol. The summed E-state index contributed by atoms with van der Waals surface area (Å²) in [6.45, 7) is 11.1. The number of allylic oxidation sites excluding steroid dienone is 1. The lowest BCUT2D eigenvalue weighted by molar-refractivity contribution is -0.158. The molecule has 0 amide bonds. The number of carbonyl (C=O) groups excluding carboxylic acids is 2. The maximum Gasteiger partial charge on any atom is 0.333 e. The SMILES string of the molecule is C=C(C)C(=O)O[C@@H]1c2c(C)coc2C(=O)[C@]23O[C@H]2C=C[C@H](C)[C@]13C. The second kappa shape index (κ2) is 4.48. The molecule has 1 fully saturated rings. The number of esters is 1. The van der Waals surface area contributed by atoms with Gasteiger partial charge in [-0.2, -0.15) is 0 Å². The van der Waals surface area contributed by atoms with Gasteiger partial charge in [0.1, 0.15) is 12.2 Å². The van der Waals surface area contributed by atoms with E-state index in [0.29, 0.717) is 11.1 Å². The summed E-state index contributed by atoms with van der Waals surface area (Å²) in [5.74, 6) is -0.395. The Bertz CT molecular complexity index is 816. The van der Waals surface area contributed by atoms with Crippen LogP contribution in [-0.2, 0) is 14.3 Å². The van der Waals surface area contributed by atoms with Crippen molar-refractivity contribution in [2.24, 2.45) is 11.3 Å². The lowest BCUT2D eigenvalue weighted by atomic mass is 9.55. The number of fused-ring (bicyclic) bond motifs is 1. The van der Waals surface area contributed by atoms with E-state index in [-0.39, 0.29) is 23.6 Å². The summed E-state index contributed by atoms with van der Waals surface area (Å²) in [6.07, 6.45) is 4.57. The monoisotopic (exact) mass is 328 g/mol. The summed E-state index contributed by atoms with van der Waals surface area (Å²) in [6, 6.07) is 0. The van der Waals surface area contributed by atoms with E-state index in [0.717, 1.165) is 5.56 Å². The maximum atomic E-state index is 13.1. The average molecular weight is 328 g/mol. The van der Waals surface area contributed by atoms with Crippen LogP contribution in [0.25, 0.3) is 0 Å². The van der Waals surface area contributed by atoms with E-state index in [9.17, 15) is 9.59 Å². The Balaban J connectivity index is 1.94. The molecule has 2 heterocycles. The van der Waals surface area contributed by atoms with Crippen molar-refractivity contribution < 1.29 is 23.5 Å². The number of furan rings is 1. The standard InChI is InChI=1S/C19H20O5/c1-9(2)17(21)23-16-13-10(3)8-22-14(13)15(20)19-12(24-19)7-6-11(4)18(16,19)5/h6-8,11-12,16H,1H2,2-5H3/t11-,12-,16+,18+,19+/m0/s1. The van der Waals surface area contributed by atoms with Crippen molar-refractivity contribution in [2.45, 2.75) is 45.5 Å². The fourth-order valence-corrected chi connectivity index (χ4v) is 4.25. The highest BCUT2D eigenvalue weighted by Crippen LogP contribution is 2.68. The molecule has 0 unspecified atom stereocenters. The summed E-state index contributed by atoms with van der Waals surface area (Å²) < 4.78 is 17.2. The minimum absolute atomic E-state index is 0.00873. The van der Waals surface area contributed by atoms with E-state index < -0.39 is 23.1 Å². The molecule has 24 heavy (non-hydrogen) atoms. The van der Waals surface area contributed by atoms with Crippen LogP contribution in [0.1, 0.15) is 48.6 Å². The Morgan fingerprint density at radius 3 is 2.75 bits per heavy atom. The van der Waals surface area contributed by atoms with E-state index in [4.69, 9.17) is 13.9 Å². The van der Waals surface area contributed by atoms with Crippen molar-refractivity contribution in [3.8, 4) is 0 Å². The molecule has 0 aromatic carbocycles. The van der Waals surface area contributed by atoms with Gasteiger partial charge in [0.2, 0.25) is 5.78 Å². The zero-order valence-electron chi connectivity index (χ0n) is 14.2. The highest BCUT2D eigenvalue weighted by molar-refractivity contribution is 6.07. The minimum atomic E-state index is -1.02. The van der Waals surface area contributed by atoms with Crippen LogP contribution < -0.4 is 0 Å². The molecule has 2 aliphatic carbocycles. The van der Waals surface area contributed by atoms with E-state index in [1.807, 2.05) is 32.9 Å². The largest absolute Gasteiger partial charge is 0.460 e. The number of hydrogen-bond donors (Lipinski definition) is 0. The average Bonchev–Trinajstić information content (AvgIpc) is 3.17. The summed E-state index contributed by atoms with van der Waals surface area (Å²) in [7, 11) is 0. The zero-order chi connectivity index (χ0) is 17.4. The summed E-state index contributed by atoms with van der Waals surface area (Å²) >= 11 is 0. The molecule has 5 heteroatoms. The van der Waals surface area contributed by atoms with Crippen molar-refractivity contribution in [1.29, 1.82) is 0 Å². The van der Waals surface area contributed by atoms with Crippen LogP contribution in [0.5, 0.6) is 0 Å². The number of rotatable bonds is 2. The van der Waals surface area contributed by atoms with Gasteiger partial charge in [0.25, 0.3) is 0 Å². The first-order valence-electron chi connectivity index (χ1n) is 8.10. The fraction of sp³-hybridized carbons (Fsp3) is 0.474. The molecule has 3 aliphatic rings. The van der Waals surface area contributed by atoms with Crippen molar-refractivity contribution in [3.05, 3.63) is 47.5 Å². The van der Waals surface area contributed by atoms with E-state index in [1.54, 1.807) is 6.92 Å². The van der Waals surface area contributed by atoms with Crippen molar-refractivity contribution in [2.75, 3.05) is 0 Å². The number of ketones is 1. The third kappa shape index (κ3) is 1.53. The highest BCUT2D eigenvalue weighted by atomic mass is 16.6. The molecule has 5 atom stereocenters. The number of carbonyl (C=O) groups is 2. The van der Waals surface area contributed by atoms with Crippen LogP contribution in [0.15, 0.2) is 35.0 Å². The quantitative estimate of drug-likeness (QED) is 0.361. The minimum Gasteiger partial charge on any atom is -0.460 e. The van der Waals surface area contributed by atoms with Crippen molar-refractivity contribution in [3.63, 3.8) is 0 Å². The van der Waals surface area contributed by atoms with Crippen LogP contribution >= 0.6 is 0 Å². The van der Waals surface area contributed by atoms with Crippen LogP contribution in [-0.4, -0.2) is 23.5 Å². The topological polar surface area (TPSA) is 69.0 Å². The van der Waals surface area contributed by atoms with Crippen LogP contribution in [0.3, 0.4) is 0 Å². The highest BCUT2D eigenvalue weighted by Gasteiger charge is 2.79. The molecule has 1 saturated heterocycles. The smallest absolute Gasteiger partial charge is 0.333 e. The molecule has 4 rings (SSSR count). The van der Waals surface area contributed by atoms with E-state index >= 15 is 0 Å². The third-order valence-corrected chi connectivity index (χ3v) is 5.92. The van der Waals surface area contributed by atoms with Crippen LogP contribution in [0.4, 0.5) is 0 Å². The number of Topliss-reactive ketones (excluding diaryl/α,β-unsaturated/α-hetero) is 1. The van der Waals surface area contributed by atoms with Gasteiger partial charge in [-0.1, -0.05) is 32.6 Å². The molecule has 1 aliphatic heterocycles. The summed E-state index contributed by atoms with van der Waals surface area (Å²) in [5.41, 5.74) is 0.0564. The molecular formula is C19H20O5. The lowest BCUT2D eigenvalue weighted by Crippen LogP contribution is -2.56. The number of epoxide rings is 1. The molecular weight excluding hydrogens is 308 g/mol. The van der Waals surface area contributed by atoms with Gasteiger partial charge in [-0.05, 0) is 25.3 Å². The Labute approximate surface area is 140 Å². The molecule has 5 nitrogen and oxygen atoms in total. The first-order valence-corrected chi connectivity index (χ1v) is 8.10. The first kappa shape index (κ1) is 15.4. The lowest BCUT2D eigenvalue weighted by Gasteiger charge is -2.48. The zero-order valence-corrected chi connectivity index (χ0v) is 14.2. The number of ether oxygens (including phenoxy) is 2. The Morgan fingerprint density at radius 1 is 1.38 bits per heavy atom. The van der Waals surface area contributed by atoms with Crippen molar-refractivity contribution >= 4 is 11.8 Å². The fourth-order valence-electron chi connectivity index (χ4n) is 4.25. The maximum absolute atomic E-state index is 13.1. The molecule has 126 valence electrons. The van der Waals surface area contributed by atoms with Gasteiger partial charge in [0.15, 0.2) is 11.4 Å². The second-order valence-electron chi connectivity index (χ2n) is 7.29. The molecule has 0 saturated carbocycles. The molecule has 0 N–H and O–H groups in total. The van der Waals surface area contributed by atoms with Gasteiger partial charge in [-0.15, -0.1) is 0 Å². The number of hydrogen-bond acceptors (Lipinski definition) is 5. The van der Waals surface area contributed by atoms with Crippen molar-refractivity contribution in [1.82, 2.24) is 0 Å². The van der Waals surface area contributed by atoms with E-state index in [1.165, 1.54) is 6.26 Å². The van der Waals surface area contributed by atoms with Crippen LogP contribution in [0, 0.1) is 18.3 Å². The number of aryl methyl sites for hydroxylation is 1. The first-order chi connectivity index (χ1) is 11.2. The molecule has 0 radical (unpaired) electrons. The van der Waals surface area contributed by atoms with Gasteiger partial charge in [0.05, 0.1) is 11.7 Å².